The van der Waals surface area contributed by atoms with Gasteiger partial charge in [0.1, 0.15) is 5.82 Å². The first-order valence-electron chi connectivity index (χ1n) is 7.24. The standard InChI is InChI=1S/C16H22FNO2/c17-13-6-4-12(5-7-13)14(18)10-16(11-15(19)20)8-2-1-3-9-16/h4-7,14H,1-3,8-11,18H2,(H,19,20). The molecule has 0 bridgehead atoms. The van der Waals surface area contributed by atoms with Crippen LogP contribution in [-0.2, 0) is 4.79 Å². The van der Waals surface area contributed by atoms with Gasteiger partial charge in [0.25, 0.3) is 0 Å². The fraction of sp³-hybridized carbons (Fsp3) is 0.562. The number of carboxylic acid groups (broad SMARTS) is 1. The summed E-state index contributed by atoms with van der Waals surface area (Å²) < 4.78 is 12.9. The summed E-state index contributed by atoms with van der Waals surface area (Å²) in [6, 6.07) is 5.96. The lowest BCUT2D eigenvalue weighted by atomic mass is 9.67. The Morgan fingerprint density at radius 1 is 1.25 bits per heavy atom. The minimum absolute atomic E-state index is 0.182. The van der Waals surface area contributed by atoms with Crippen LogP contribution in [0.5, 0.6) is 0 Å². The van der Waals surface area contributed by atoms with E-state index in [-0.39, 0.29) is 23.7 Å². The van der Waals surface area contributed by atoms with Gasteiger partial charge >= 0.3 is 5.97 Å². The lowest BCUT2D eigenvalue weighted by molar-refractivity contribution is -0.140. The van der Waals surface area contributed by atoms with E-state index in [1.165, 1.54) is 18.6 Å². The minimum atomic E-state index is -0.752. The maximum Gasteiger partial charge on any atom is 0.303 e. The molecule has 0 radical (unpaired) electrons. The maximum atomic E-state index is 12.9. The van der Waals surface area contributed by atoms with Crippen molar-refractivity contribution in [3.05, 3.63) is 35.6 Å². The van der Waals surface area contributed by atoms with Gasteiger partial charge in [-0.3, -0.25) is 4.79 Å². The lowest BCUT2D eigenvalue weighted by Gasteiger charge is -2.38. The lowest BCUT2D eigenvalue weighted by Crippen LogP contribution is -2.31. The molecule has 110 valence electrons. The Balaban J connectivity index is 2.10. The second-order valence-corrected chi connectivity index (χ2v) is 5.99. The monoisotopic (exact) mass is 279 g/mol. The molecule has 1 fully saturated rings. The van der Waals surface area contributed by atoms with E-state index in [0.29, 0.717) is 6.42 Å². The van der Waals surface area contributed by atoms with Crippen molar-refractivity contribution in [3.8, 4) is 0 Å². The van der Waals surface area contributed by atoms with E-state index >= 15 is 0 Å². The Morgan fingerprint density at radius 3 is 2.40 bits per heavy atom. The van der Waals surface area contributed by atoms with E-state index < -0.39 is 5.97 Å². The minimum Gasteiger partial charge on any atom is -0.481 e. The molecule has 0 amide bonds. The Morgan fingerprint density at radius 2 is 1.85 bits per heavy atom. The van der Waals surface area contributed by atoms with Crippen molar-refractivity contribution in [2.24, 2.45) is 11.1 Å². The molecule has 0 aromatic heterocycles. The van der Waals surface area contributed by atoms with Crippen molar-refractivity contribution in [1.82, 2.24) is 0 Å². The first-order chi connectivity index (χ1) is 9.51. The number of carboxylic acids is 1. The summed E-state index contributed by atoms with van der Waals surface area (Å²) in [6.07, 6.45) is 6.01. The van der Waals surface area contributed by atoms with Gasteiger partial charge in [0, 0.05) is 6.04 Å². The highest BCUT2D eigenvalue weighted by Gasteiger charge is 2.36. The zero-order chi connectivity index (χ0) is 14.6. The molecular formula is C16H22FNO2. The van der Waals surface area contributed by atoms with Crippen molar-refractivity contribution < 1.29 is 14.3 Å². The van der Waals surface area contributed by atoms with E-state index in [0.717, 1.165) is 31.2 Å². The predicted octanol–water partition coefficient (Wildman–Crippen LogP) is 3.64. The number of benzene rings is 1. The van der Waals surface area contributed by atoms with Gasteiger partial charge in [0.15, 0.2) is 0 Å². The summed E-state index contributed by atoms with van der Waals surface area (Å²) >= 11 is 0. The van der Waals surface area contributed by atoms with Crippen molar-refractivity contribution >= 4 is 5.97 Å². The maximum absolute atomic E-state index is 12.9. The summed E-state index contributed by atoms with van der Waals surface area (Å²) in [7, 11) is 0. The van der Waals surface area contributed by atoms with Gasteiger partial charge in [-0.25, -0.2) is 4.39 Å². The molecule has 3 N–H and O–H groups in total. The second-order valence-electron chi connectivity index (χ2n) is 5.99. The summed E-state index contributed by atoms with van der Waals surface area (Å²) in [5, 5.41) is 9.16. The molecule has 1 aromatic carbocycles. The summed E-state index contributed by atoms with van der Waals surface area (Å²) in [6.45, 7) is 0. The molecule has 1 atom stereocenters. The molecule has 0 spiro atoms. The number of hydrogen-bond acceptors (Lipinski definition) is 2. The van der Waals surface area contributed by atoms with Gasteiger partial charge in [-0.05, 0) is 42.4 Å². The molecule has 0 heterocycles. The van der Waals surface area contributed by atoms with Crippen LogP contribution in [0.3, 0.4) is 0 Å². The summed E-state index contributed by atoms with van der Waals surface area (Å²) in [5.41, 5.74) is 6.90. The Kier molecular flexibility index (Phi) is 4.76. The molecule has 3 nitrogen and oxygen atoms in total. The van der Waals surface area contributed by atoms with Crippen LogP contribution in [0.2, 0.25) is 0 Å². The van der Waals surface area contributed by atoms with Gasteiger partial charge in [-0.2, -0.15) is 0 Å². The largest absolute Gasteiger partial charge is 0.481 e. The molecule has 1 aliphatic rings. The average Bonchev–Trinajstić information content (AvgIpc) is 2.39. The van der Waals surface area contributed by atoms with E-state index in [4.69, 9.17) is 10.8 Å². The van der Waals surface area contributed by atoms with E-state index in [1.807, 2.05) is 0 Å². The molecule has 4 heteroatoms. The first kappa shape index (κ1) is 15.0. The molecule has 20 heavy (non-hydrogen) atoms. The van der Waals surface area contributed by atoms with Crippen molar-refractivity contribution in [2.75, 3.05) is 0 Å². The van der Waals surface area contributed by atoms with Gasteiger partial charge < -0.3 is 10.8 Å². The zero-order valence-electron chi connectivity index (χ0n) is 11.6. The third-order valence-electron chi connectivity index (χ3n) is 4.39. The normalized spacial score (nSPS) is 19.5. The van der Waals surface area contributed by atoms with E-state index in [9.17, 15) is 9.18 Å². The summed E-state index contributed by atoms with van der Waals surface area (Å²) in [4.78, 5) is 11.1. The van der Waals surface area contributed by atoms with Crippen LogP contribution in [0.1, 0.15) is 56.6 Å². The number of aliphatic carboxylic acids is 1. The highest BCUT2D eigenvalue weighted by molar-refractivity contribution is 5.67. The van der Waals surface area contributed by atoms with E-state index in [2.05, 4.69) is 0 Å². The molecule has 0 saturated heterocycles. The highest BCUT2D eigenvalue weighted by atomic mass is 19.1. The smallest absolute Gasteiger partial charge is 0.303 e. The predicted molar refractivity (Wildman–Crippen MR) is 75.7 cm³/mol. The Labute approximate surface area is 119 Å². The third-order valence-corrected chi connectivity index (χ3v) is 4.39. The van der Waals surface area contributed by atoms with Crippen LogP contribution >= 0.6 is 0 Å². The fourth-order valence-corrected chi connectivity index (χ4v) is 3.37. The molecular weight excluding hydrogens is 257 g/mol. The molecule has 0 aliphatic heterocycles. The zero-order valence-corrected chi connectivity index (χ0v) is 11.6. The Hall–Kier alpha value is -1.42. The van der Waals surface area contributed by atoms with E-state index in [1.54, 1.807) is 12.1 Å². The number of rotatable bonds is 5. The summed E-state index contributed by atoms with van der Waals surface area (Å²) in [5.74, 6) is -1.03. The van der Waals surface area contributed by atoms with Crippen LogP contribution in [0.15, 0.2) is 24.3 Å². The number of hydrogen-bond donors (Lipinski definition) is 2. The number of nitrogens with two attached hydrogens (primary N) is 1. The second kappa shape index (κ2) is 6.35. The van der Waals surface area contributed by atoms with Crippen molar-refractivity contribution in [2.45, 2.75) is 51.0 Å². The van der Waals surface area contributed by atoms with Gasteiger partial charge in [-0.1, -0.05) is 31.4 Å². The molecule has 1 saturated carbocycles. The van der Waals surface area contributed by atoms with Crippen LogP contribution in [-0.4, -0.2) is 11.1 Å². The van der Waals surface area contributed by atoms with Crippen molar-refractivity contribution in [3.63, 3.8) is 0 Å². The first-order valence-corrected chi connectivity index (χ1v) is 7.24. The number of halogens is 1. The van der Waals surface area contributed by atoms with Crippen LogP contribution in [0.25, 0.3) is 0 Å². The fourth-order valence-electron chi connectivity index (χ4n) is 3.37. The van der Waals surface area contributed by atoms with Crippen LogP contribution in [0, 0.1) is 11.2 Å². The van der Waals surface area contributed by atoms with Gasteiger partial charge in [0.05, 0.1) is 6.42 Å². The van der Waals surface area contributed by atoms with Gasteiger partial charge in [-0.15, -0.1) is 0 Å². The van der Waals surface area contributed by atoms with Crippen LogP contribution in [0.4, 0.5) is 4.39 Å². The van der Waals surface area contributed by atoms with Gasteiger partial charge in [0.2, 0.25) is 0 Å². The average molecular weight is 279 g/mol. The topological polar surface area (TPSA) is 63.3 Å². The number of carbonyl (C=O) groups is 1. The quantitative estimate of drug-likeness (QED) is 0.865. The molecule has 1 aliphatic carbocycles. The molecule has 2 rings (SSSR count). The van der Waals surface area contributed by atoms with Crippen LogP contribution < -0.4 is 5.73 Å². The SMILES string of the molecule is NC(CC1(CC(=O)O)CCCCC1)c1ccc(F)cc1. The highest BCUT2D eigenvalue weighted by Crippen LogP contribution is 2.45. The Bertz CT molecular complexity index is 452. The third kappa shape index (κ3) is 3.79. The molecule has 1 unspecified atom stereocenters. The van der Waals surface area contributed by atoms with Crippen molar-refractivity contribution in [1.29, 1.82) is 0 Å². The molecule has 1 aromatic rings.